The van der Waals surface area contributed by atoms with Crippen molar-refractivity contribution in [2.24, 2.45) is 5.92 Å². The summed E-state index contributed by atoms with van der Waals surface area (Å²) in [5, 5.41) is 10.1. The van der Waals surface area contributed by atoms with Crippen molar-refractivity contribution in [2.45, 2.75) is 25.2 Å². The molecule has 0 aliphatic carbocycles. The normalized spacial score (nSPS) is 21.9. The summed E-state index contributed by atoms with van der Waals surface area (Å²) in [6, 6.07) is 14.2. The molecule has 23 heavy (non-hydrogen) atoms. The Morgan fingerprint density at radius 1 is 1.09 bits per heavy atom. The van der Waals surface area contributed by atoms with Gasteiger partial charge >= 0.3 is 0 Å². The largest absolute Gasteiger partial charge is 0.388 e. The van der Waals surface area contributed by atoms with Crippen LogP contribution in [0.25, 0.3) is 0 Å². The van der Waals surface area contributed by atoms with E-state index >= 15 is 0 Å². The van der Waals surface area contributed by atoms with Crippen LogP contribution in [0.3, 0.4) is 0 Å². The zero-order chi connectivity index (χ0) is 16.4. The molecule has 0 bridgehead atoms. The van der Waals surface area contributed by atoms with Gasteiger partial charge in [-0.05, 0) is 42.7 Å². The zero-order valence-corrected chi connectivity index (χ0v) is 12.4. The minimum Gasteiger partial charge on any atom is -0.388 e. The van der Waals surface area contributed by atoms with Gasteiger partial charge in [0.05, 0.1) is 12.0 Å². The molecular formula is C18H17F2NO2. The van der Waals surface area contributed by atoms with E-state index in [-0.39, 0.29) is 24.6 Å². The van der Waals surface area contributed by atoms with E-state index in [0.717, 1.165) is 4.90 Å². The fraction of sp³-hybridized carbons (Fsp3) is 0.278. The smallest absolute Gasteiger partial charge is 0.237 e. The Morgan fingerprint density at radius 3 is 2.35 bits per heavy atom. The summed E-state index contributed by atoms with van der Waals surface area (Å²) < 4.78 is 27.1. The highest BCUT2D eigenvalue weighted by Gasteiger charge is 2.48. The van der Waals surface area contributed by atoms with Crippen LogP contribution < -0.4 is 4.90 Å². The molecule has 3 rings (SSSR count). The molecule has 1 fully saturated rings. The van der Waals surface area contributed by atoms with E-state index in [0.29, 0.717) is 11.3 Å². The molecule has 1 amide bonds. The Balaban J connectivity index is 1.57. The number of carbonyl (C=O) groups excluding carboxylic acids is 1. The number of alkyl halides is 1. The van der Waals surface area contributed by atoms with Crippen LogP contribution in [0.15, 0.2) is 54.6 Å². The topological polar surface area (TPSA) is 40.5 Å². The van der Waals surface area contributed by atoms with Crippen molar-refractivity contribution in [3.63, 3.8) is 0 Å². The predicted octanol–water partition coefficient (Wildman–Crippen LogP) is 3.60. The highest BCUT2D eigenvalue weighted by atomic mass is 19.1. The number of rotatable bonds is 5. The molecule has 0 radical (unpaired) electrons. The highest BCUT2D eigenvalue weighted by molar-refractivity contribution is 6.02. The second-order valence-electron chi connectivity index (χ2n) is 5.67. The molecule has 1 aliphatic rings. The van der Waals surface area contributed by atoms with Crippen molar-refractivity contribution in [2.75, 3.05) is 4.90 Å². The summed E-state index contributed by atoms with van der Waals surface area (Å²) in [5.74, 6) is -1.38. The third-order valence-corrected chi connectivity index (χ3v) is 4.17. The molecule has 2 aromatic rings. The van der Waals surface area contributed by atoms with Gasteiger partial charge in [-0.2, -0.15) is 0 Å². The Morgan fingerprint density at radius 2 is 1.74 bits per heavy atom. The first kappa shape index (κ1) is 15.6. The van der Waals surface area contributed by atoms with Crippen molar-refractivity contribution < 1.29 is 18.7 Å². The molecule has 1 aliphatic heterocycles. The minimum absolute atomic E-state index is 0.252. The zero-order valence-electron chi connectivity index (χ0n) is 12.4. The van der Waals surface area contributed by atoms with Crippen molar-refractivity contribution in [1.29, 1.82) is 0 Å². The van der Waals surface area contributed by atoms with Crippen LogP contribution in [-0.4, -0.2) is 17.3 Å². The number of benzene rings is 2. The van der Waals surface area contributed by atoms with E-state index in [1.807, 2.05) is 0 Å². The van der Waals surface area contributed by atoms with Gasteiger partial charge < -0.3 is 5.11 Å². The van der Waals surface area contributed by atoms with Gasteiger partial charge in [0, 0.05) is 5.69 Å². The number of aliphatic hydroxyl groups is 1. The van der Waals surface area contributed by atoms with Crippen molar-refractivity contribution in [3.8, 4) is 0 Å². The van der Waals surface area contributed by atoms with E-state index in [1.165, 1.54) is 24.3 Å². The Labute approximate surface area is 133 Å². The number of carbonyl (C=O) groups is 1. The monoisotopic (exact) mass is 317 g/mol. The van der Waals surface area contributed by atoms with Gasteiger partial charge in [0.2, 0.25) is 5.91 Å². The number of halogens is 2. The first-order valence-electron chi connectivity index (χ1n) is 7.53. The maximum absolute atomic E-state index is 14.3. The van der Waals surface area contributed by atoms with E-state index in [2.05, 4.69) is 0 Å². The predicted molar refractivity (Wildman–Crippen MR) is 82.9 cm³/mol. The van der Waals surface area contributed by atoms with Gasteiger partial charge in [0.25, 0.3) is 0 Å². The van der Waals surface area contributed by atoms with Gasteiger partial charge in [-0.1, -0.05) is 30.3 Å². The van der Waals surface area contributed by atoms with Crippen LogP contribution in [0.2, 0.25) is 0 Å². The Hall–Kier alpha value is -2.27. The summed E-state index contributed by atoms with van der Waals surface area (Å²) in [6.07, 6.45) is -1.70. The van der Waals surface area contributed by atoms with Crippen molar-refractivity contribution >= 4 is 11.6 Å². The Kier molecular flexibility index (Phi) is 4.39. The van der Waals surface area contributed by atoms with Gasteiger partial charge in [0.1, 0.15) is 5.82 Å². The van der Waals surface area contributed by atoms with Crippen LogP contribution in [0.4, 0.5) is 14.5 Å². The lowest BCUT2D eigenvalue weighted by Gasteiger charge is -2.42. The number of amides is 1. The first-order chi connectivity index (χ1) is 11.1. The van der Waals surface area contributed by atoms with Crippen LogP contribution in [0.5, 0.6) is 0 Å². The molecule has 0 aromatic heterocycles. The minimum atomic E-state index is -1.37. The number of anilines is 1. The third-order valence-electron chi connectivity index (χ3n) is 4.17. The summed E-state index contributed by atoms with van der Waals surface area (Å²) in [5.41, 5.74) is 1.11. The summed E-state index contributed by atoms with van der Waals surface area (Å²) in [6.45, 7) is 0. The molecule has 3 nitrogen and oxygen atoms in total. The first-order valence-corrected chi connectivity index (χ1v) is 7.53. The molecule has 5 heteroatoms. The average molecular weight is 317 g/mol. The highest BCUT2D eigenvalue weighted by Crippen LogP contribution is 2.37. The van der Waals surface area contributed by atoms with Gasteiger partial charge in [-0.25, -0.2) is 8.78 Å². The molecule has 3 unspecified atom stereocenters. The number of para-hydroxylation sites is 1. The van der Waals surface area contributed by atoms with E-state index in [4.69, 9.17) is 0 Å². The number of hydrogen-bond donors (Lipinski definition) is 1. The third kappa shape index (κ3) is 3.10. The number of nitrogens with zero attached hydrogens (tertiary/aromatic N) is 1. The summed E-state index contributed by atoms with van der Waals surface area (Å²) in [4.78, 5) is 13.3. The molecule has 1 saturated heterocycles. The molecular weight excluding hydrogens is 300 g/mol. The van der Waals surface area contributed by atoms with Gasteiger partial charge in [-0.3, -0.25) is 9.69 Å². The SMILES string of the molecule is O=C1C(CCC(O)c2ccc(F)cc2)C(F)N1c1ccccc1. The molecule has 0 spiro atoms. The van der Waals surface area contributed by atoms with Gasteiger partial charge in [0.15, 0.2) is 6.30 Å². The van der Waals surface area contributed by atoms with E-state index in [9.17, 15) is 18.7 Å². The van der Waals surface area contributed by atoms with Crippen LogP contribution >= 0.6 is 0 Å². The fourth-order valence-electron chi connectivity index (χ4n) is 2.82. The van der Waals surface area contributed by atoms with Crippen LogP contribution in [-0.2, 0) is 4.79 Å². The van der Waals surface area contributed by atoms with Gasteiger partial charge in [-0.15, -0.1) is 0 Å². The van der Waals surface area contributed by atoms with Crippen LogP contribution in [0, 0.1) is 11.7 Å². The lowest BCUT2D eigenvalue weighted by Crippen LogP contribution is -2.59. The number of β-lactam (4-membered cyclic amide) rings is 1. The summed E-state index contributed by atoms with van der Waals surface area (Å²) >= 11 is 0. The second kappa shape index (κ2) is 6.46. The summed E-state index contributed by atoms with van der Waals surface area (Å²) in [7, 11) is 0. The lowest BCUT2D eigenvalue weighted by atomic mass is 9.89. The quantitative estimate of drug-likeness (QED) is 0.676. The van der Waals surface area contributed by atoms with Crippen molar-refractivity contribution in [1.82, 2.24) is 0 Å². The maximum Gasteiger partial charge on any atom is 0.237 e. The second-order valence-corrected chi connectivity index (χ2v) is 5.67. The fourth-order valence-corrected chi connectivity index (χ4v) is 2.82. The molecule has 3 atom stereocenters. The standard InChI is InChI=1S/C18H17F2NO2/c19-13-8-6-12(7-9-13)16(22)11-10-15-17(20)21(18(15)23)14-4-2-1-3-5-14/h1-9,15-17,22H,10-11H2. The molecule has 1 N–H and O–H groups in total. The lowest BCUT2D eigenvalue weighted by molar-refractivity contribution is -0.135. The molecule has 120 valence electrons. The van der Waals surface area contributed by atoms with Crippen molar-refractivity contribution in [3.05, 3.63) is 66.0 Å². The number of hydrogen-bond acceptors (Lipinski definition) is 2. The number of aliphatic hydroxyl groups excluding tert-OH is 1. The molecule has 2 aromatic carbocycles. The molecule has 1 heterocycles. The Bertz CT molecular complexity index is 675. The van der Waals surface area contributed by atoms with Crippen LogP contribution in [0.1, 0.15) is 24.5 Å². The van der Waals surface area contributed by atoms with E-state index in [1.54, 1.807) is 30.3 Å². The molecule has 0 saturated carbocycles. The maximum atomic E-state index is 14.3. The van der Waals surface area contributed by atoms with E-state index < -0.39 is 18.3 Å². The average Bonchev–Trinajstić information content (AvgIpc) is 2.56.